The zero-order valence-electron chi connectivity index (χ0n) is 11.5. The van der Waals surface area contributed by atoms with E-state index in [9.17, 15) is 13.2 Å². The molecule has 0 N–H and O–H groups in total. The van der Waals surface area contributed by atoms with Gasteiger partial charge in [0.15, 0.2) is 0 Å². The van der Waals surface area contributed by atoms with Crippen LogP contribution in [0.1, 0.15) is 12.5 Å². The largest absolute Gasteiger partial charge is 0.340 e. The van der Waals surface area contributed by atoms with E-state index in [-0.39, 0.29) is 18.2 Å². The number of carbonyl (C=O) groups excluding carboxylic acids is 1. The zero-order valence-corrected chi connectivity index (χ0v) is 12.4. The van der Waals surface area contributed by atoms with Crippen LogP contribution in [0.4, 0.5) is 0 Å². The van der Waals surface area contributed by atoms with Crippen molar-refractivity contribution in [3.63, 3.8) is 0 Å². The molecule has 0 fully saturated rings. The molecule has 6 heteroatoms. The predicted molar refractivity (Wildman–Crippen MR) is 75.0 cm³/mol. The van der Waals surface area contributed by atoms with Gasteiger partial charge in [-0.15, -0.1) is 0 Å². The second-order valence-corrected chi connectivity index (χ2v) is 6.76. The van der Waals surface area contributed by atoms with Crippen molar-refractivity contribution >= 4 is 15.9 Å². The molecule has 0 heterocycles. The Morgan fingerprint density at radius 3 is 2.26 bits per heavy atom. The van der Waals surface area contributed by atoms with Crippen molar-refractivity contribution in [1.82, 2.24) is 9.21 Å². The SMILES string of the molecule is CCS(=O)(=O)N(C)CC(=O)N(C)Cc1ccccc1. The lowest BCUT2D eigenvalue weighted by atomic mass is 10.2. The van der Waals surface area contributed by atoms with Crippen molar-refractivity contribution in [1.29, 1.82) is 0 Å². The van der Waals surface area contributed by atoms with E-state index in [0.717, 1.165) is 9.87 Å². The second kappa shape index (κ2) is 6.68. The van der Waals surface area contributed by atoms with Crippen LogP contribution in [0.15, 0.2) is 30.3 Å². The highest BCUT2D eigenvalue weighted by molar-refractivity contribution is 7.89. The molecule has 0 saturated heterocycles. The summed E-state index contributed by atoms with van der Waals surface area (Å²) >= 11 is 0. The molecule has 106 valence electrons. The highest BCUT2D eigenvalue weighted by Crippen LogP contribution is 2.04. The molecule has 0 aliphatic rings. The topological polar surface area (TPSA) is 57.7 Å². The van der Waals surface area contributed by atoms with Crippen LogP contribution in [0.3, 0.4) is 0 Å². The number of hydrogen-bond donors (Lipinski definition) is 0. The van der Waals surface area contributed by atoms with Crippen LogP contribution < -0.4 is 0 Å². The fourth-order valence-electron chi connectivity index (χ4n) is 1.58. The minimum Gasteiger partial charge on any atom is -0.340 e. The van der Waals surface area contributed by atoms with Crippen molar-refractivity contribution in [2.45, 2.75) is 13.5 Å². The Hall–Kier alpha value is -1.40. The molecule has 19 heavy (non-hydrogen) atoms. The van der Waals surface area contributed by atoms with Crippen molar-refractivity contribution in [3.8, 4) is 0 Å². The number of hydrogen-bond acceptors (Lipinski definition) is 3. The van der Waals surface area contributed by atoms with E-state index >= 15 is 0 Å². The average Bonchev–Trinajstić information content (AvgIpc) is 2.39. The standard InChI is InChI=1S/C13H20N2O3S/c1-4-19(17,18)15(3)11-13(16)14(2)10-12-8-6-5-7-9-12/h5-9H,4,10-11H2,1-3H3. The molecule has 0 atom stereocenters. The molecule has 5 nitrogen and oxygen atoms in total. The maximum atomic E-state index is 11.9. The minimum atomic E-state index is -3.31. The summed E-state index contributed by atoms with van der Waals surface area (Å²) in [5.41, 5.74) is 1.01. The number of carbonyl (C=O) groups is 1. The van der Waals surface area contributed by atoms with Crippen LogP contribution in [0, 0.1) is 0 Å². The third kappa shape index (κ3) is 4.65. The van der Waals surface area contributed by atoms with Gasteiger partial charge >= 0.3 is 0 Å². The van der Waals surface area contributed by atoms with Gasteiger partial charge in [-0.05, 0) is 12.5 Å². The molecular weight excluding hydrogens is 264 g/mol. The minimum absolute atomic E-state index is 0.000814. The molecule has 0 unspecified atom stereocenters. The van der Waals surface area contributed by atoms with Crippen molar-refractivity contribution in [2.24, 2.45) is 0 Å². The Morgan fingerprint density at radius 1 is 1.16 bits per heavy atom. The Kier molecular flexibility index (Phi) is 5.50. The summed E-state index contributed by atoms with van der Waals surface area (Å²) in [5.74, 6) is -0.220. The van der Waals surface area contributed by atoms with E-state index in [0.29, 0.717) is 6.54 Å². The van der Waals surface area contributed by atoms with E-state index in [1.54, 1.807) is 14.0 Å². The highest BCUT2D eigenvalue weighted by Gasteiger charge is 2.20. The monoisotopic (exact) mass is 284 g/mol. The van der Waals surface area contributed by atoms with Gasteiger partial charge in [-0.3, -0.25) is 4.79 Å². The summed E-state index contributed by atoms with van der Waals surface area (Å²) in [4.78, 5) is 13.5. The Bertz CT molecular complexity index is 514. The van der Waals surface area contributed by atoms with Crippen molar-refractivity contribution < 1.29 is 13.2 Å². The molecule has 0 aromatic heterocycles. The first-order valence-corrected chi connectivity index (χ1v) is 7.69. The van der Waals surface area contributed by atoms with Gasteiger partial charge in [-0.1, -0.05) is 30.3 Å². The fraction of sp³-hybridized carbons (Fsp3) is 0.462. The molecule has 1 aromatic rings. The molecule has 1 aromatic carbocycles. The average molecular weight is 284 g/mol. The third-order valence-electron chi connectivity index (χ3n) is 2.89. The van der Waals surface area contributed by atoms with Crippen LogP contribution in [0.2, 0.25) is 0 Å². The lowest BCUT2D eigenvalue weighted by Crippen LogP contribution is -2.39. The van der Waals surface area contributed by atoms with Crippen LogP contribution >= 0.6 is 0 Å². The summed E-state index contributed by atoms with van der Waals surface area (Å²) in [6.07, 6.45) is 0. The van der Waals surface area contributed by atoms with E-state index in [4.69, 9.17) is 0 Å². The van der Waals surface area contributed by atoms with Gasteiger partial charge in [0, 0.05) is 20.6 Å². The number of sulfonamides is 1. The Labute approximate surface area is 114 Å². The molecule has 1 amide bonds. The zero-order chi connectivity index (χ0) is 14.5. The van der Waals surface area contributed by atoms with E-state index in [1.807, 2.05) is 30.3 Å². The molecule has 0 saturated carbocycles. The van der Waals surface area contributed by atoms with Crippen molar-refractivity contribution in [3.05, 3.63) is 35.9 Å². The van der Waals surface area contributed by atoms with Crippen LogP contribution in [-0.2, 0) is 21.4 Å². The van der Waals surface area contributed by atoms with E-state index in [2.05, 4.69) is 0 Å². The van der Waals surface area contributed by atoms with E-state index in [1.165, 1.54) is 11.9 Å². The number of amides is 1. The van der Waals surface area contributed by atoms with Gasteiger partial charge in [0.25, 0.3) is 0 Å². The summed E-state index contributed by atoms with van der Waals surface area (Å²) in [6, 6.07) is 9.57. The molecule has 0 aliphatic carbocycles. The maximum Gasteiger partial charge on any atom is 0.237 e. The van der Waals surface area contributed by atoms with Crippen LogP contribution in [-0.4, -0.2) is 49.9 Å². The molecule has 0 spiro atoms. The summed E-state index contributed by atoms with van der Waals surface area (Å²) in [7, 11) is -0.222. The van der Waals surface area contributed by atoms with Crippen molar-refractivity contribution in [2.75, 3.05) is 26.4 Å². The molecule has 0 bridgehead atoms. The molecule has 0 radical (unpaired) electrons. The third-order valence-corrected chi connectivity index (χ3v) is 4.69. The smallest absolute Gasteiger partial charge is 0.237 e. The molecule has 0 aliphatic heterocycles. The highest BCUT2D eigenvalue weighted by atomic mass is 32.2. The molecular formula is C13H20N2O3S. The lowest BCUT2D eigenvalue weighted by Gasteiger charge is -2.21. The number of rotatable bonds is 6. The van der Waals surface area contributed by atoms with Crippen LogP contribution in [0.25, 0.3) is 0 Å². The fourth-order valence-corrected chi connectivity index (χ4v) is 2.32. The number of benzene rings is 1. The first-order valence-electron chi connectivity index (χ1n) is 6.08. The summed E-state index contributed by atoms with van der Waals surface area (Å²) in [5, 5.41) is 0. The normalized spacial score (nSPS) is 11.6. The van der Waals surface area contributed by atoms with Gasteiger partial charge in [-0.25, -0.2) is 8.42 Å². The van der Waals surface area contributed by atoms with Gasteiger partial charge in [-0.2, -0.15) is 4.31 Å². The van der Waals surface area contributed by atoms with Gasteiger partial charge in [0.1, 0.15) is 0 Å². The van der Waals surface area contributed by atoms with Gasteiger partial charge in [0.2, 0.25) is 15.9 Å². The predicted octanol–water partition coefficient (Wildman–Crippen LogP) is 0.927. The summed E-state index contributed by atoms with van der Waals surface area (Å²) < 4.78 is 24.2. The second-order valence-electron chi connectivity index (χ2n) is 4.39. The van der Waals surface area contributed by atoms with Crippen LogP contribution in [0.5, 0.6) is 0 Å². The summed E-state index contributed by atoms with van der Waals surface area (Å²) in [6.45, 7) is 1.91. The van der Waals surface area contributed by atoms with Gasteiger partial charge in [0.05, 0.1) is 12.3 Å². The first kappa shape index (κ1) is 15.7. The van der Waals surface area contributed by atoms with Gasteiger partial charge < -0.3 is 4.90 Å². The molecule has 1 rings (SSSR count). The Morgan fingerprint density at radius 2 is 1.74 bits per heavy atom. The Balaban J connectivity index is 2.59. The number of nitrogens with zero attached hydrogens (tertiary/aromatic N) is 2. The number of likely N-dealkylation sites (N-methyl/N-ethyl adjacent to an activating group) is 2. The quantitative estimate of drug-likeness (QED) is 0.781. The lowest BCUT2D eigenvalue weighted by molar-refractivity contribution is -0.130. The first-order chi connectivity index (χ1) is 8.86. The maximum absolute atomic E-state index is 11.9. The van der Waals surface area contributed by atoms with E-state index < -0.39 is 10.0 Å².